The van der Waals surface area contributed by atoms with Crippen molar-refractivity contribution >= 4 is 11.9 Å². The minimum Gasteiger partial charge on any atom is -0.490 e. The van der Waals surface area contributed by atoms with Crippen LogP contribution < -0.4 is 14.2 Å². The fourth-order valence-corrected chi connectivity index (χ4v) is 2.59. The average Bonchev–Trinajstić information content (AvgIpc) is 2.78. The number of ether oxygens (including phenoxy) is 4. The van der Waals surface area contributed by atoms with Gasteiger partial charge in [0, 0.05) is 0 Å². The number of rotatable bonds is 9. The molecular formula is C24H22O6. The number of para-hydroxylation sites is 1. The Balaban J connectivity index is 1.52. The van der Waals surface area contributed by atoms with Crippen molar-refractivity contribution in [2.45, 2.75) is 6.92 Å². The van der Waals surface area contributed by atoms with Crippen LogP contribution >= 0.6 is 0 Å². The van der Waals surface area contributed by atoms with Gasteiger partial charge in [0.25, 0.3) is 0 Å². The standard InChI is InChI=1S/C24H22O6/c1-2-27-23(25)18-11-13-21(14-12-18)30-24(26)19-7-6-10-22(17-19)29-16-15-28-20-8-4-3-5-9-20/h3-14,17H,2,15-16H2,1H3. The van der Waals surface area contributed by atoms with Crippen molar-refractivity contribution in [1.29, 1.82) is 0 Å². The molecule has 3 aromatic carbocycles. The van der Waals surface area contributed by atoms with Crippen molar-refractivity contribution in [3.63, 3.8) is 0 Å². The molecule has 3 rings (SSSR count). The van der Waals surface area contributed by atoms with Gasteiger partial charge >= 0.3 is 11.9 Å². The Hall–Kier alpha value is -3.80. The molecule has 0 aromatic heterocycles. The second-order valence-corrected chi connectivity index (χ2v) is 6.17. The number of carbonyl (C=O) groups is 2. The van der Waals surface area contributed by atoms with Crippen LogP contribution in [0.15, 0.2) is 78.9 Å². The Labute approximate surface area is 175 Å². The van der Waals surface area contributed by atoms with Gasteiger partial charge in [0.15, 0.2) is 0 Å². The minimum absolute atomic E-state index is 0.298. The zero-order valence-electron chi connectivity index (χ0n) is 16.6. The van der Waals surface area contributed by atoms with Crippen LogP contribution in [0.2, 0.25) is 0 Å². The van der Waals surface area contributed by atoms with Gasteiger partial charge in [-0.2, -0.15) is 0 Å². The Bertz CT molecular complexity index is 967. The van der Waals surface area contributed by atoms with E-state index in [1.165, 1.54) is 0 Å². The largest absolute Gasteiger partial charge is 0.490 e. The number of carbonyl (C=O) groups excluding carboxylic acids is 2. The molecule has 0 fully saturated rings. The maximum Gasteiger partial charge on any atom is 0.343 e. The number of hydrogen-bond acceptors (Lipinski definition) is 6. The highest BCUT2D eigenvalue weighted by Crippen LogP contribution is 2.18. The highest BCUT2D eigenvalue weighted by molar-refractivity contribution is 5.92. The molecule has 0 saturated heterocycles. The van der Waals surface area contributed by atoms with Crippen molar-refractivity contribution in [2.75, 3.05) is 19.8 Å². The zero-order chi connectivity index (χ0) is 21.2. The lowest BCUT2D eigenvalue weighted by Crippen LogP contribution is -2.11. The smallest absolute Gasteiger partial charge is 0.343 e. The van der Waals surface area contributed by atoms with Gasteiger partial charge in [0.05, 0.1) is 17.7 Å². The highest BCUT2D eigenvalue weighted by atomic mass is 16.5. The Kier molecular flexibility index (Phi) is 7.44. The van der Waals surface area contributed by atoms with E-state index < -0.39 is 11.9 Å². The first-order valence-electron chi connectivity index (χ1n) is 9.56. The van der Waals surface area contributed by atoms with Gasteiger partial charge in [0.1, 0.15) is 30.5 Å². The van der Waals surface area contributed by atoms with Crippen LogP contribution in [0.5, 0.6) is 17.2 Å². The topological polar surface area (TPSA) is 71.1 Å². The van der Waals surface area contributed by atoms with Crippen molar-refractivity contribution in [1.82, 2.24) is 0 Å². The van der Waals surface area contributed by atoms with Gasteiger partial charge in [-0.15, -0.1) is 0 Å². The van der Waals surface area contributed by atoms with E-state index in [0.717, 1.165) is 5.75 Å². The molecule has 0 spiro atoms. The predicted octanol–water partition coefficient (Wildman–Crippen LogP) is 4.54. The van der Waals surface area contributed by atoms with E-state index in [1.807, 2.05) is 30.3 Å². The molecule has 0 heterocycles. The SMILES string of the molecule is CCOC(=O)c1ccc(OC(=O)c2cccc(OCCOc3ccccc3)c2)cc1. The second kappa shape index (κ2) is 10.7. The summed E-state index contributed by atoms with van der Waals surface area (Å²) >= 11 is 0. The first kappa shape index (κ1) is 20.9. The van der Waals surface area contributed by atoms with Gasteiger partial charge in [-0.05, 0) is 61.5 Å². The normalized spacial score (nSPS) is 10.2. The van der Waals surface area contributed by atoms with Gasteiger partial charge in [-0.25, -0.2) is 9.59 Å². The molecule has 0 atom stereocenters. The summed E-state index contributed by atoms with van der Waals surface area (Å²) in [5.74, 6) is 0.697. The fraction of sp³-hybridized carbons (Fsp3) is 0.167. The van der Waals surface area contributed by atoms with Crippen molar-refractivity contribution in [3.05, 3.63) is 90.0 Å². The van der Waals surface area contributed by atoms with Gasteiger partial charge in [-0.1, -0.05) is 24.3 Å². The van der Waals surface area contributed by atoms with Gasteiger partial charge in [0.2, 0.25) is 0 Å². The Morgan fingerprint density at radius 1 is 0.667 bits per heavy atom. The molecule has 0 saturated carbocycles. The quantitative estimate of drug-likeness (QED) is 0.295. The van der Waals surface area contributed by atoms with Crippen LogP contribution in [0.4, 0.5) is 0 Å². The zero-order valence-corrected chi connectivity index (χ0v) is 16.6. The van der Waals surface area contributed by atoms with Crippen molar-refractivity contribution in [3.8, 4) is 17.2 Å². The van der Waals surface area contributed by atoms with E-state index in [0.29, 0.717) is 42.4 Å². The monoisotopic (exact) mass is 406 g/mol. The van der Waals surface area contributed by atoms with Crippen LogP contribution in [0, 0.1) is 0 Å². The lowest BCUT2D eigenvalue weighted by atomic mass is 10.2. The van der Waals surface area contributed by atoms with E-state index in [2.05, 4.69) is 0 Å². The first-order valence-corrected chi connectivity index (χ1v) is 9.56. The van der Waals surface area contributed by atoms with Gasteiger partial charge < -0.3 is 18.9 Å². The predicted molar refractivity (Wildman–Crippen MR) is 111 cm³/mol. The molecule has 30 heavy (non-hydrogen) atoms. The van der Waals surface area contributed by atoms with Crippen LogP contribution in [-0.4, -0.2) is 31.8 Å². The molecule has 6 nitrogen and oxygen atoms in total. The summed E-state index contributed by atoms with van der Waals surface area (Å²) in [6, 6.07) is 22.4. The number of benzene rings is 3. The average molecular weight is 406 g/mol. The molecule has 0 aliphatic heterocycles. The third kappa shape index (κ3) is 6.10. The first-order chi connectivity index (χ1) is 14.7. The van der Waals surface area contributed by atoms with Crippen molar-refractivity contribution < 1.29 is 28.5 Å². The van der Waals surface area contributed by atoms with E-state index >= 15 is 0 Å². The van der Waals surface area contributed by atoms with E-state index in [-0.39, 0.29) is 0 Å². The third-order valence-corrected chi connectivity index (χ3v) is 4.01. The molecule has 3 aromatic rings. The summed E-state index contributed by atoms with van der Waals surface area (Å²) in [4.78, 5) is 24.1. The summed E-state index contributed by atoms with van der Waals surface area (Å²) in [7, 11) is 0. The third-order valence-electron chi connectivity index (χ3n) is 4.01. The minimum atomic E-state index is -0.523. The van der Waals surface area contributed by atoms with Crippen LogP contribution in [0.25, 0.3) is 0 Å². The highest BCUT2D eigenvalue weighted by Gasteiger charge is 2.11. The molecule has 6 heteroatoms. The fourth-order valence-electron chi connectivity index (χ4n) is 2.59. The van der Waals surface area contributed by atoms with Gasteiger partial charge in [-0.3, -0.25) is 0 Å². The number of hydrogen-bond donors (Lipinski definition) is 0. The molecule has 0 bridgehead atoms. The lowest BCUT2D eigenvalue weighted by molar-refractivity contribution is 0.0526. The summed E-state index contributed by atoms with van der Waals surface area (Å²) in [5.41, 5.74) is 0.746. The summed E-state index contributed by atoms with van der Waals surface area (Å²) in [5, 5.41) is 0. The maximum atomic E-state index is 12.4. The molecule has 0 aliphatic carbocycles. The van der Waals surface area contributed by atoms with E-state index in [1.54, 1.807) is 55.5 Å². The summed E-state index contributed by atoms with van der Waals surface area (Å²) in [6.07, 6.45) is 0. The van der Waals surface area contributed by atoms with E-state index in [9.17, 15) is 9.59 Å². The Morgan fingerprint density at radius 2 is 1.33 bits per heavy atom. The van der Waals surface area contributed by atoms with Crippen LogP contribution in [0.3, 0.4) is 0 Å². The van der Waals surface area contributed by atoms with Crippen LogP contribution in [0.1, 0.15) is 27.6 Å². The molecule has 0 radical (unpaired) electrons. The maximum absolute atomic E-state index is 12.4. The molecule has 0 aliphatic rings. The summed E-state index contributed by atoms with van der Waals surface area (Å²) < 4.78 is 21.5. The second-order valence-electron chi connectivity index (χ2n) is 6.17. The molecule has 0 unspecified atom stereocenters. The lowest BCUT2D eigenvalue weighted by Gasteiger charge is -2.10. The van der Waals surface area contributed by atoms with Crippen LogP contribution in [-0.2, 0) is 4.74 Å². The summed E-state index contributed by atoms with van der Waals surface area (Å²) in [6.45, 7) is 2.75. The Morgan fingerprint density at radius 3 is 2.03 bits per heavy atom. The van der Waals surface area contributed by atoms with Crippen molar-refractivity contribution in [2.24, 2.45) is 0 Å². The molecule has 154 valence electrons. The molecule has 0 N–H and O–H groups in total. The molecular weight excluding hydrogens is 384 g/mol. The molecule has 0 amide bonds. The number of esters is 2. The van der Waals surface area contributed by atoms with E-state index in [4.69, 9.17) is 18.9 Å².